The molecule has 1 aromatic carbocycles. The first-order valence-electron chi connectivity index (χ1n) is 8.86. The van der Waals surface area contributed by atoms with Gasteiger partial charge in [0.1, 0.15) is 0 Å². The molecular weight excluding hydrogens is 344 g/mol. The van der Waals surface area contributed by atoms with Crippen LogP contribution in [0.1, 0.15) is 42.8 Å². The van der Waals surface area contributed by atoms with E-state index in [1.807, 2.05) is 26.8 Å². The second-order valence-corrected chi connectivity index (χ2v) is 7.80. The van der Waals surface area contributed by atoms with Gasteiger partial charge in [-0.1, -0.05) is 24.6 Å². The van der Waals surface area contributed by atoms with E-state index >= 15 is 0 Å². The van der Waals surface area contributed by atoms with Crippen LogP contribution in [0.15, 0.2) is 35.2 Å². The zero-order chi connectivity index (χ0) is 19.0. The van der Waals surface area contributed by atoms with E-state index in [1.165, 1.54) is 10.5 Å². The number of carbonyl (C=O) groups excluding carboxylic acids is 2. The van der Waals surface area contributed by atoms with E-state index in [2.05, 4.69) is 48.7 Å². The molecule has 0 unspecified atom stereocenters. The Bertz CT molecular complexity index is 893. The van der Waals surface area contributed by atoms with Gasteiger partial charge in [-0.3, -0.25) is 14.5 Å². The van der Waals surface area contributed by atoms with Gasteiger partial charge in [-0.2, -0.15) is 0 Å². The van der Waals surface area contributed by atoms with Crippen molar-refractivity contribution in [3.8, 4) is 5.69 Å². The van der Waals surface area contributed by atoms with E-state index in [1.54, 1.807) is 0 Å². The summed E-state index contributed by atoms with van der Waals surface area (Å²) < 4.78 is 2.17. The van der Waals surface area contributed by atoms with Crippen molar-refractivity contribution in [2.45, 2.75) is 47.1 Å². The average molecular weight is 369 g/mol. The van der Waals surface area contributed by atoms with Crippen molar-refractivity contribution in [1.29, 1.82) is 0 Å². The highest BCUT2D eigenvalue weighted by molar-refractivity contribution is 8.18. The Hall–Kier alpha value is -2.27. The summed E-state index contributed by atoms with van der Waals surface area (Å²) in [5.41, 5.74) is 5.44. The van der Waals surface area contributed by atoms with Crippen LogP contribution in [0.5, 0.6) is 0 Å². The molecule has 0 N–H and O–H groups in total. The van der Waals surface area contributed by atoms with Gasteiger partial charge in [0.25, 0.3) is 11.1 Å². The predicted octanol–water partition coefficient (Wildman–Crippen LogP) is 5.24. The molecule has 1 aliphatic heterocycles. The van der Waals surface area contributed by atoms with Crippen LogP contribution >= 0.6 is 11.8 Å². The third-order valence-corrected chi connectivity index (χ3v) is 5.79. The van der Waals surface area contributed by atoms with Crippen molar-refractivity contribution in [3.63, 3.8) is 0 Å². The summed E-state index contributed by atoms with van der Waals surface area (Å²) in [5.74, 6) is -0.186. The molecule has 0 radical (unpaired) electrons. The van der Waals surface area contributed by atoms with Gasteiger partial charge in [0.05, 0.1) is 4.91 Å². The molecule has 2 aromatic rings. The maximum absolute atomic E-state index is 12.6. The van der Waals surface area contributed by atoms with Crippen molar-refractivity contribution >= 4 is 29.0 Å². The van der Waals surface area contributed by atoms with Gasteiger partial charge in [0, 0.05) is 23.1 Å². The summed E-state index contributed by atoms with van der Waals surface area (Å²) in [7, 11) is 0. The molecule has 2 amide bonds. The topological polar surface area (TPSA) is 42.3 Å². The smallest absolute Gasteiger partial charge is 0.293 e. The number of thioether (sulfide) groups is 1. The maximum atomic E-state index is 12.6. The molecule has 4 nitrogen and oxygen atoms in total. The van der Waals surface area contributed by atoms with Crippen LogP contribution < -0.4 is 0 Å². The molecule has 0 saturated carbocycles. The predicted molar refractivity (Wildman–Crippen MR) is 108 cm³/mol. The fourth-order valence-corrected chi connectivity index (χ4v) is 4.13. The number of amides is 2. The lowest BCUT2D eigenvalue weighted by Gasteiger charge is -2.19. The van der Waals surface area contributed by atoms with Crippen molar-refractivity contribution in [2.24, 2.45) is 0 Å². The lowest BCUT2D eigenvalue weighted by atomic mass is 10.2. The Balaban J connectivity index is 1.98. The van der Waals surface area contributed by atoms with E-state index < -0.39 is 0 Å². The molecule has 2 heterocycles. The average Bonchev–Trinajstić information content (AvgIpc) is 3.04. The van der Waals surface area contributed by atoms with Crippen LogP contribution in [-0.2, 0) is 4.79 Å². The number of aryl methyl sites for hydroxylation is 2. The van der Waals surface area contributed by atoms with Crippen LogP contribution in [0.4, 0.5) is 4.79 Å². The number of aromatic nitrogens is 1. The molecule has 1 fully saturated rings. The van der Waals surface area contributed by atoms with E-state index in [0.29, 0.717) is 4.91 Å². The third-order valence-electron chi connectivity index (χ3n) is 4.90. The van der Waals surface area contributed by atoms with E-state index in [0.717, 1.165) is 40.8 Å². The van der Waals surface area contributed by atoms with E-state index in [4.69, 9.17) is 0 Å². The van der Waals surface area contributed by atoms with Crippen LogP contribution in [0.25, 0.3) is 11.8 Å². The number of carbonyl (C=O) groups is 2. The van der Waals surface area contributed by atoms with Crippen LogP contribution in [0.3, 0.4) is 0 Å². The number of imide groups is 1. The van der Waals surface area contributed by atoms with Gasteiger partial charge in [0.2, 0.25) is 0 Å². The molecule has 5 heteroatoms. The fraction of sp³-hybridized carbons (Fsp3) is 0.333. The quantitative estimate of drug-likeness (QED) is 0.693. The minimum absolute atomic E-state index is 0.0756. The second-order valence-electron chi connectivity index (χ2n) is 6.81. The lowest BCUT2D eigenvalue weighted by Crippen LogP contribution is -2.36. The minimum atomic E-state index is -0.186. The minimum Gasteiger partial charge on any atom is -0.318 e. The van der Waals surface area contributed by atoms with Crippen molar-refractivity contribution in [2.75, 3.05) is 0 Å². The van der Waals surface area contributed by atoms with Crippen LogP contribution in [0.2, 0.25) is 0 Å². The zero-order valence-corrected chi connectivity index (χ0v) is 16.7. The number of hydrogen-bond acceptors (Lipinski definition) is 3. The largest absolute Gasteiger partial charge is 0.318 e. The summed E-state index contributed by atoms with van der Waals surface area (Å²) in [4.78, 5) is 26.7. The molecule has 26 heavy (non-hydrogen) atoms. The summed E-state index contributed by atoms with van der Waals surface area (Å²) in [6.07, 6.45) is 2.60. The normalized spacial score (nSPS) is 17.4. The summed E-state index contributed by atoms with van der Waals surface area (Å²) in [5, 5.41) is -0.178. The number of hydrogen-bond donors (Lipinski definition) is 0. The monoisotopic (exact) mass is 368 g/mol. The Morgan fingerprint density at radius 2 is 1.77 bits per heavy atom. The van der Waals surface area contributed by atoms with Crippen LogP contribution in [-0.4, -0.2) is 26.7 Å². The Labute approximate surface area is 158 Å². The Morgan fingerprint density at radius 3 is 2.38 bits per heavy atom. The molecule has 0 spiro atoms. The molecule has 3 rings (SSSR count). The van der Waals surface area contributed by atoms with E-state index in [9.17, 15) is 9.59 Å². The molecule has 1 aliphatic rings. The molecule has 136 valence electrons. The molecule has 1 atom stereocenters. The lowest BCUT2D eigenvalue weighted by molar-refractivity contribution is -0.124. The number of benzene rings is 1. The summed E-state index contributed by atoms with van der Waals surface area (Å²) >= 11 is 1.03. The summed E-state index contributed by atoms with van der Waals surface area (Å²) in [6.45, 7) is 10.0. The van der Waals surface area contributed by atoms with Gasteiger partial charge in [-0.05, 0) is 75.7 Å². The highest BCUT2D eigenvalue weighted by atomic mass is 32.2. The van der Waals surface area contributed by atoms with Gasteiger partial charge in [-0.25, -0.2) is 0 Å². The fourth-order valence-electron chi connectivity index (χ4n) is 3.21. The highest BCUT2D eigenvalue weighted by Gasteiger charge is 2.37. The maximum Gasteiger partial charge on any atom is 0.293 e. The second kappa shape index (κ2) is 7.16. The Kier molecular flexibility index (Phi) is 5.10. The standard InChI is InChI=1S/C21H24N2O2S/c1-6-14(3)23-20(24)19(26-21(23)25)12-17-11-15(4)22(16(17)5)18-9-7-13(2)8-10-18/h7-12,14H,6H2,1-5H3/b19-12-/t14-/m0/s1. The van der Waals surface area contributed by atoms with Gasteiger partial charge in [-0.15, -0.1) is 0 Å². The third kappa shape index (κ3) is 3.23. The van der Waals surface area contributed by atoms with Crippen molar-refractivity contribution < 1.29 is 9.59 Å². The van der Waals surface area contributed by atoms with Gasteiger partial charge >= 0.3 is 0 Å². The van der Waals surface area contributed by atoms with Crippen LogP contribution in [0, 0.1) is 20.8 Å². The summed E-state index contributed by atoms with van der Waals surface area (Å²) in [6, 6.07) is 10.4. The number of rotatable bonds is 4. The highest BCUT2D eigenvalue weighted by Crippen LogP contribution is 2.35. The van der Waals surface area contributed by atoms with E-state index in [-0.39, 0.29) is 17.2 Å². The van der Waals surface area contributed by atoms with Gasteiger partial charge < -0.3 is 4.57 Å². The van der Waals surface area contributed by atoms with Crippen molar-refractivity contribution in [1.82, 2.24) is 9.47 Å². The SMILES string of the molecule is CC[C@H](C)N1C(=O)S/C(=C\c2cc(C)n(-c3ccc(C)cc3)c2C)C1=O. The number of nitrogens with zero attached hydrogens (tertiary/aromatic N) is 2. The molecule has 1 aromatic heterocycles. The zero-order valence-electron chi connectivity index (χ0n) is 15.9. The van der Waals surface area contributed by atoms with Gasteiger partial charge in [0.15, 0.2) is 0 Å². The van der Waals surface area contributed by atoms with Crippen molar-refractivity contribution in [3.05, 3.63) is 57.8 Å². The molecule has 0 aliphatic carbocycles. The molecular formula is C21H24N2O2S. The first-order valence-corrected chi connectivity index (χ1v) is 9.68. The molecule has 0 bridgehead atoms. The first-order chi connectivity index (χ1) is 12.3. The Morgan fingerprint density at radius 1 is 1.12 bits per heavy atom. The molecule has 1 saturated heterocycles. The first kappa shape index (κ1) is 18.5.